The summed E-state index contributed by atoms with van der Waals surface area (Å²) in [6.45, 7) is 10.4. The maximum atomic E-state index is 13.3. The Morgan fingerprint density at radius 2 is 1.79 bits per heavy atom. The number of fused-ring (bicyclic) bond motifs is 1. The van der Waals surface area contributed by atoms with E-state index >= 15 is 0 Å². The van der Waals surface area contributed by atoms with Gasteiger partial charge in [0.15, 0.2) is 0 Å². The highest BCUT2D eigenvalue weighted by Gasteiger charge is 2.42. The summed E-state index contributed by atoms with van der Waals surface area (Å²) in [5, 5.41) is 7.91. The molecule has 2 heterocycles. The minimum Gasteiger partial charge on any atom is -0.301 e. The summed E-state index contributed by atoms with van der Waals surface area (Å²) >= 11 is 0. The lowest BCUT2D eigenvalue weighted by molar-refractivity contribution is -0.153. The molecule has 2 atom stereocenters. The van der Waals surface area contributed by atoms with E-state index in [9.17, 15) is 4.79 Å². The summed E-state index contributed by atoms with van der Waals surface area (Å²) in [6, 6.07) is 10.3. The average molecular weight is 329 g/mol. The van der Waals surface area contributed by atoms with Crippen LogP contribution < -0.4 is 5.32 Å². The molecule has 0 spiro atoms. The van der Waals surface area contributed by atoms with Gasteiger partial charge in [0.05, 0.1) is 6.04 Å². The molecule has 1 aromatic rings. The molecule has 0 aromatic heterocycles. The van der Waals surface area contributed by atoms with Crippen LogP contribution in [0.5, 0.6) is 0 Å². The zero-order chi connectivity index (χ0) is 17.2. The van der Waals surface area contributed by atoms with Crippen LogP contribution in [-0.2, 0) is 11.3 Å². The fourth-order valence-electron chi connectivity index (χ4n) is 4.07. The standard InChI is InChI=1S/C20H31N3O/c1-20(2,3)17-11-14-22-12-7-8-13-23(22)19(24)18(17)21-15-16-9-5-4-6-10-16/h4-6,9-10,17-18,21H,7-8,11-15H2,1-3H3/t17?,18-/m0/s1. The van der Waals surface area contributed by atoms with Crippen molar-refractivity contribution in [3.05, 3.63) is 35.9 Å². The van der Waals surface area contributed by atoms with Crippen LogP contribution in [0.2, 0.25) is 0 Å². The first-order valence-corrected chi connectivity index (χ1v) is 9.30. The zero-order valence-electron chi connectivity index (χ0n) is 15.3. The second-order valence-electron chi connectivity index (χ2n) is 8.23. The third kappa shape index (κ3) is 3.81. The summed E-state index contributed by atoms with van der Waals surface area (Å²) in [6.07, 6.45) is 3.39. The Labute approximate surface area is 146 Å². The van der Waals surface area contributed by atoms with Crippen LogP contribution in [0.1, 0.15) is 45.6 Å². The summed E-state index contributed by atoms with van der Waals surface area (Å²) < 4.78 is 0. The lowest BCUT2D eigenvalue weighted by Gasteiger charge is -2.39. The summed E-state index contributed by atoms with van der Waals surface area (Å²) in [4.78, 5) is 13.3. The fraction of sp³-hybridized carbons (Fsp3) is 0.650. The molecule has 0 bridgehead atoms. The van der Waals surface area contributed by atoms with Crippen molar-refractivity contribution in [2.75, 3.05) is 19.6 Å². The minimum absolute atomic E-state index is 0.103. The van der Waals surface area contributed by atoms with E-state index in [-0.39, 0.29) is 17.4 Å². The molecule has 132 valence electrons. The Morgan fingerprint density at radius 3 is 2.50 bits per heavy atom. The van der Waals surface area contributed by atoms with Crippen LogP contribution in [0.4, 0.5) is 0 Å². The molecule has 3 rings (SSSR count). The number of carbonyl (C=O) groups is 1. The van der Waals surface area contributed by atoms with Gasteiger partial charge in [-0.15, -0.1) is 0 Å². The van der Waals surface area contributed by atoms with Crippen LogP contribution in [0, 0.1) is 11.3 Å². The molecule has 1 amide bonds. The van der Waals surface area contributed by atoms with E-state index in [0.717, 1.165) is 39.0 Å². The Morgan fingerprint density at radius 1 is 1.08 bits per heavy atom. The third-order valence-corrected chi connectivity index (χ3v) is 5.48. The first-order valence-electron chi connectivity index (χ1n) is 9.30. The highest BCUT2D eigenvalue weighted by atomic mass is 16.2. The lowest BCUT2D eigenvalue weighted by atomic mass is 9.74. The largest absolute Gasteiger partial charge is 0.301 e. The normalized spacial score (nSPS) is 26.1. The van der Waals surface area contributed by atoms with Crippen molar-refractivity contribution in [3.8, 4) is 0 Å². The van der Waals surface area contributed by atoms with Gasteiger partial charge in [0.25, 0.3) is 5.91 Å². The molecular formula is C20H31N3O. The molecule has 1 aromatic carbocycles. The molecular weight excluding hydrogens is 298 g/mol. The second kappa shape index (κ2) is 7.24. The molecule has 0 aliphatic carbocycles. The van der Waals surface area contributed by atoms with Crippen LogP contribution in [0.15, 0.2) is 30.3 Å². The number of hydrogen-bond donors (Lipinski definition) is 1. The maximum absolute atomic E-state index is 13.3. The van der Waals surface area contributed by atoms with Crippen LogP contribution in [0.3, 0.4) is 0 Å². The number of rotatable bonds is 3. The molecule has 2 aliphatic rings. The van der Waals surface area contributed by atoms with Crippen LogP contribution >= 0.6 is 0 Å². The van der Waals surface area contributed by atoms with Gasteiger partial charge in [-0.05, 0) is 36.2 Å². The Bertz CT molecular complexity index is 552. The average Bonchev–Trinajstić information content (AvgIpc) is 2.71. The van der Waals surface area contributed by atoms with Gasteiger partial charge in [-0.3, -0.25) is 9.80 Å². The maximum Gasteiger partial charge on any atom is 0.254 e. The highest BCUT2D eigenvalue weighted by molar-refractivity contribution is 5.82. The van der Waals surface area contributed by atoms with Gasteiger partial charge in [0.2, 0.25) is 0 Å². The molecule has 4 nitrogen and oxygen atoms in total. The minimum atomic E-state index is -0.103. The first kappa shape index (κ1) is 17.4. The van der Waals surface area contributed by atoms with Crippen molar-refractivity contribution in [2.45, 2.75) is 52.6 Å². The van der Waals surface area contributed by atoms with Gasteiger partial charge in [-0.25, -0.2) is 5.01 Å². The second-order valence-corrected chi connectivity index (χ2v) is 8.23. The van der Waals surface area contributed by atoms with E-state index < -0.39 is 0 Å². The zero-order valence-corrected chi connectivity index (χ0v) is 15.3. The molecule has 1 N–H and O–H groups in total. The monoisotopic (exact) mass is 329 g/mol. The van der Waals surface area contributed by atoms with Crippen LogP contribution in [0.25, 0.3) is 0 Å². The topological polar surface area (TPSA) is 35.6 Å². The molecule has 2 saturated heterocycles. The van der Waals surface area contributed by atoms with Crippen LogP contribution in [-0.4, -0.2) is 41.6 Å². The van der Waals surface area contributed by atoms with Crippen molar-refractivity contribution in [1.29, 1.82) is 0 Å². The number of hydrogen-bond acceptors (Lipinski definition) is 3. The number of benzene rings is 1. The molecule has 2 fully saturated rings. The Hall–Kier alpha value is -1.39. The summed E-state index contributed by atoms with van der Waals surface area (Å²) in [5.41, 5.74) is 1.34. The van der Waals surface area contributed by atoms with Crippen molar-refractivity contribution in [1.82, 2.24) is 15.3 Å². The predicted octanol–water partition coefficient (Wildman–Crippen LogP) is 3.05. The number of nitrogens with zero attached hydrogens (tertiary/aromatic N) is 2. The number of nitrogens with one attached hydrogen (secondary N) is 1. The van der Waals surface area contributed by atoms with E-state index in [0.29, 0.717) is 5.92 Å². The van der Waals surface area contributed by atoms with E-state index in [2.05, 4.69) is 55.4 Å². The van der Waals surface area contributed by atoms with E-state index in [4.69, 9.17) is 0 Å². The quantitative estimate of drug-likeness (QED) is 0.926. The predicted molar refractivity (Wildman–Crippen MR) is 97.2 cm³/mol. The molecule has 0 radical (unpaired) electrons. The smallest absolute Gasteiger partial charge is 0.254 e. The molecule has 24 heavy (non-hydrogen) atoms. The van der Waals surface area contributed by atoms with Gasteiger partial charge >= 0.3 is 0 Å². The van der Waals surface area contributed by atoms with Crippen molar-refractivity contribution in [2.24, 2.45) is 11.3 Å². The van der Waals surface area contributed by atoms with Gasteiger partial charge in [-0.2, -0.15) is 0 Å². The summed E-state index contributed by atoms with van der Waals surface area (Å²) in [5.74, 6) is 0.613. The number of hydrazine groups is 1. The van der Waals surface area contributed by atoms with E-state index in [1.165, 1.54) is 12.0 Å². The van der Waals surface area contributed by atoms with Crippen molar-refractivity contribution < 1.29 is 4.79 Å². The third-order valence-electron chi connectivity index (χ3n) is 5.48. The Kier molecular flexibility index (Phi) is 5.26. The number of amides is 1. The molecule has 0 saturated carbocycles. The van der Waals surface area contributed by atoms with Gasteiger partial charge in [-0.1, -0.05) is 51.1 Å². The molecule has 4 heteroatoms. The summed E-state index contributed by atoms with van der Waals surface area (Å²) in [7, 11) is 0. The fourth-order valence-corrected chi connectivity index (χ4v) is 4.07. The Balaban J connectivity index is 1.80. The van der Waals surface area contributed by atoms with Gasteiger partial charge in [0.1, 0.15) is 0 Å². The number of carbonyl (C=O) groups excluding carboxylic acids is 1. The highest BCUT2D eigenvalue weighted by Crippen LogP contribution is 2.35. The van der Waals surface area contributed by atoms with E-state index in [1.54, 1.807) is 0 Å². The van der Waals surface area contributed by atoms with Crippen molar-refractivity contribution >= 4 is 5.91 Å². The van der Waals surface area contributed by atoms with Gasteiger partial charge in [0, 0.05) is 26.2 Å². The van der Waals surface area contributed by atoms with Crippen molar-refractivity contribution in [3.63, 3.8) is 0 Å². The first-order chi connectivity index (χ1) is 11.5. The lowest BCUT2D eigenvalue weighted by Crippen LogP contribution is -2.56. The molecule has 1 unspecified atom stereocenters. The van der Waals surface area contributed by atoms with Gasteiger partial charge < -0.3 is 5.32 Å². The van der Waals surface area contributed by atoms with E-state index in [1.807, 2.05) is 11.1 Å². The SMILES string of the molecule is CC(C)(C)C1CCN2CCCCN2C(=O)[C@H]1NCc1ccccc1. The molecule has 2 aliphatic heterocycles.